The molecular weight excluding hydrogens is 230 g/mol. The van der Waals surface area contributed by atoms with Crippen LogP contribution < -0.4 is 5.32 Å². The number of benzene rings is 1. The molecule has 1 aromatic rings. The van der Waals surface area contributed by atoms with Crippen molar-refractivity contribution in [2.24, 2.45) is 0 Å². The molecule has 1 aromatic carbocycles. The number of hydrogen-bond acceptors (Lipinski definition) is 3. The molecule has 0 aromatic heterocycles. The molecule has 0 spiro atoms. The first-order valence-electron chi connectivity index (χ1n) is 6.04. The minimum atomic E-state index is -0.525. The minimum Gasteiger partial charge on any atom is -0.444 e. The Balaban J connectivity index is 2.75. The molecule has 0 fully saturated rings. The minimum absolute atomic E-state index is 0.452. The SMILES string of the molecule is C[C@@H](O)Cc1ccccc1NC(=O)OC(C)(C)C. The number of aliphatic hydroxyl groups excluding tert-OH is 1. The van der Waals surface area contributed by atoms with E-state index in [9.17, 15) is 9.90 Å². The normalized spacial score (nSPS) is 12.9. The molecular formula is C14H21NO3. The number of carbonyl (C=O) groups is 1. The van der Waals surface area contributed by atoms with E-state index in [1.807, 2.05) is 39.0 Å². The second-order valence-corrected chi connectivity index (χ2v) is 5.34. The zero-order valence-corrected chi connectivity index (χ0v) is 11.4. The van der Waals surface area contributed by atoms with Crippen LogP contribution in [0, 0.1) is 0 Å². The van der Waals surface area contributed by atoms with Gasteiger partial charge < -0.3 is 9.84 Å². The summed E-state index contributed by atoms with van der Waals surface area (Å²) in [5.74, 6) is 0. The van der Waals surface area contributed by atoms with Crippen LogP contribution in [-0.4, -0.2) is 22.9 Å². The van der Waals surface area contributed by atoms with Crippen LogP contribution >= 0.6 is 0 Å². The fourth-order valence-electron chi connectivity index (χ4n) is 1.55. The van der Waals surface area contributed by atoms with Crippen LogP contribution in [-0.2, 0) is 11.2 Å². The van der Waals surface area contributed by atoms with E-state index >= 15 is 0 Å². The highest BCUT2D eigenvalue weighted by molar-refractivity contribution is 5.85. The topological polar surface area (TPSA) is 58.6 Å². The Bertz CT molecular complexity index is 408. The maximum Gasteiger partial charge on any atom is 0.412 e. The van der Waals surface area contributed by atoms with E-state index in [-0.39, 0.29) is 0 Å². The second-order valence-electron chi connectivity index (χ2n) is 5.34. The average molecular weight is 251 g/mol. The molecule has 1 amide bonds. The maximum atomic E-state index is 11.7. The van der Waals surface area contributed by atoms with E-state index < -0.39 is 17.8 Å². The van der Waals surface area contributed by atoms with Gasteiger partial charge in [0.2, 0.25) is 0 Å². The predicted octanol–water partition coefficient (Wildman–Crippen LogP) is 2.96. The number of hydrogen-bond donors (Lipinski definition) is 2. The molecule has 2 N–H and O–H groups in total. The lowest BCUT2D eigenvalue weighted by Crippen LogP contribution is -2.27. The number of nitrogens with one attached hydrogen (secondary N) is 1. The van der Waals surface area contributed by atoms with E-state index in [4.69, 9.17) is 4.74 Å². The van der Waals surface area contributed by atoms with Gasteiger partial charge in [-0.1, -0.05) is 18.2 Å². The third-order valence-electron chi connectivity index (χ3n) is 2.17. The first-order chi connectivity index (χ1) is 8.28. The van der Waals surface area contributed by atoms with Crippen molar-refractivity contribution in [1.82, 2.24) is 0 Å². The zero-order chi connectivity index (χ0) is 13.8. The lowest BCUT2D eigenvalue weighted by Gasteiger charge is -2.20. The number of para-hydroxylation sites is 1. The summed E-state index contributed by atoms with van der Waals surface area (Å²) < 4.78 is 5.19. The van der Waals surface area contributed by atoms with Gasteiger partial charge in [0, 0.05) is 12.1 Å². The molecule has 0 unspecified atom stereocenters. The Morgan fingerprint density at radius 3 is 2.56 bits per heavy atom. The van der Waals surface area contributed by atoms with Gasteiger partial charge in [0.25, 0.3) is 0 Å². The highest BCUT2D eigenvalue weighted by atomic mass is 16.6. The summed E-state index contributed by atoms with van der Waals surface area (Å²) in [6.07, 6.45) is -0.446. The molecule has 0 aliphatic rings. The second kappa shape index (κ2) is 5.87. The molecule has 1 rings (SSSR count). The molecule has 0 saturated heterocycles. The highest BCUT2D eigenvalue weighted by Crippen LogP contribution is 2.18. The van der Waals surface area contributed by atoms with Gasteiger partial charge in [-0.2, -0.15) is 0 Å². The van der Waals surface area contributed by atoms with Crippen molar-refractivity contribution >= 4 is 11.8 Å². The predicted molar refractivity (Wildman–Crippen MR) is 71.7 cm³/mol. The Hall–Kier alpha value is -1.55. The van der Waals surface area contributed by atoms with Gasteiger partial charge in [0.1, 0.15) is 5.60 Å². The molecule has 18 heavy (non-hydrogen) atoms. The van der Waals surface area contributed by atoms with E-state index in [0.29, 0.717) is 12.1 Å². The molecule has 100 valence electrons. The standard InChI is InChI=1S/C14H21NO3/c1-10(16)9-11-7-5-6-8-12(11)15-13(17)18-14(2,3)4/h5-8,10,16H,9H2,1-4H3,(H,15,17)/t10-/m1/s1. The zero-order valence-electron chi connectivity index (χ0n) is 11.4. The third-order valence-corrected chi connectivity index (χ3v) is 2.17. The quantitative estimate of drug-likeness (QED) is 0.868. The average Bonchev–Trinajstić information content (AvgIpc) is 2.17. The van der Waals surface area contributed by atoms with E-state index in [1.165, 1.54) is 0 Å². The molecule has 0 aliphatic carbocycles. The van der Waals surface area contributed by atoms with Crippen LogP contribution in [0.5, 0.6) is 0 Å². The van der Waals surface area contributed by atoms with Crippen LogP contribution in [0.25, 0.3) is 0 Å². The molecule has 0 aliphatic heterocycles. The van der Waals surface area contributed by atoms with Crippen molar-refractivity contribution in [1.29, 1.82) is 0 Å². The molecule has 0 heterocycles. The molecule has 4 nitrogen and oxygen atoms in total. The van der Waals surface area contributed by atoms with Crippen LogP contribution in [0.4, 0.5) is 10.5 Å². The summed E-state index contributed by atoms with van der Waals surface area (Å²) >= 11 is 0. The molecule has 0 bridgehead atoms. The summed E-state index contributed by atoms with van der Waals surface area (Å²) in [7, 11) is 0. The molecule has 0 saturated carbocycles. The fourth-order valence-corrected chi connectivity index (χ4v) is 1.55. The Kier molecular flexibility index (Phi) is 4.73. The lowest BCUT2D eigenvalue weighted by atomic mass is 10.1. The van der Waals surface area contributed by atoms with Gasteiger partial charge in [-0.15, -0.1) is 0 Å². The highest BCUT2D eigenvalue weighted by Gasteiger charge is 2.17. The Labute approximate surface area is 108 Å². The lowest BCUT2D eigenvalue weighted by molar-refractivity contribution is 0.0635. The number of anilines is 1. The van der Waals surface area contributed by atoms with Gasteiger partial charge in [-0.3, -0.25) is 5.32 Å². The van der Waals surface area contributed by atoms with Gasteiger partial charge in [-0.05, 0) is 39.3 Å². The summed E-state index contributed by atoms with van der Waals surface area (Å²) in [4.78, 5) is 11.7. The molecule has 0 radical (unpaired) electrons. The number of aliphatic hydroxyl groups is 1. The molecule has 4 heteroatoms. The summed E-state index contributed by atoms with van der Waals surface area (Å²) in [5, 5.41) is 12.1. The van der Waals surface area contributed by atoms with Crippen molar-refractivity contribution in [2.75, 3.05) is 5.32 Å². The van der Waals surface area contributed by atoms with Crippen molar-refractivity contribution in [3.8, 4) is 0 Å². The number of ether oxygens (including phenoxy) is 1. The maximum absolute atomic E-state index is 11.7. The van der Waals surface area contributed by atoms with Crippen LogP contribution in [0.1, 0.15) is 33.3 Å². The largest absolute Gasteiger partial charge is 0.444 e. The van der Waals surface area contributed by atoms with Crippen molar-refractivity contribution in [2.45, 2.75) is 45.8 Å². The summed E-state index contributed by atoms with van der Waals surface area (Å²) in [6, 6.07) is 7.37. The van der Waals surface area contributed by atoms with Crippen molar-refractivity contribution in [3.05, 3.63) is 29.8 Å². The van der Waals surface area contributed by atoms with E-state index in [1.54, 1.807) is 13.0 Å². The first-order valence-corrected chi connectivity index (χ1v) is 6.04. The van der Waals surface area contributed by atoms with Crippen LogP contribution in [0.3, 0.4) is 0 Å². The monoisotopic (exact) mass is 251 g/mol. The van der Waals surface area contributed by atoms with Gasteiger partial charge >= 0.3 is 6.09 Å². The Morgan fingerprint density at radius 1 is 1.39 bits per heavy atom. The van der Waals surface area contributed by atoms with E-state index in [2.05, 4.69) is 5.32 Å². The van der Waals surface area contributed by atoms with Gasteiger partial charge in [0.15, 0.2) is 0 Å². The van der Waals surface area contributed by atoms with Crippen LogP contribution in [0.2, 0.25) is 0 Å². The van der Waals surface area contributed by atoms with E-state index in [0.717, 1.165) is 5.56 Å². The van der Waals surface area contributed by atoms with Crippen LogP contribution in [0.15, 0.2) is 24.3 Å². The van der Waals surface area contributed by atoms with Crippen molar-refractivity contribution < 1.29 is 14.6 Å². The number of amides is 1. The van der Waals surface area contributed by atoms with Gasteiger partial charge in [0.05, 0.1) is 6.10 Å². The van der Waals surface area contributed by atoms with Gasteiger partial charge in [-0.25, -0.2) is 4.79 Å². The number of carbonyl (C=O) groups excluding carboxylic acids is 1. The third kappa shape index (κ3) is 5.19. The molecule has 1 atom stereocenters. The number of rotatable bonds is 3. The summed E-state index contributed by atoms with van der Waals surface area (Å²) in [6.45, 7) is 7.15. The first kappa shape index (κ1) is 14.5. The Morgan fingerprint density at radius 2 is 2.00 bits per heavy atom. The fraction of sp³-hybridized carbons (Fsp3) is 0.500. The summed E-state index contributed by atoms with van der Waals surface area (Å²) in [5.41, 5.74) is 1.04. The van der Waals surface area contributed by atoms with Crippen molar-refractivity contribution in [3.63, 3.8) is 0 Å². The smallest absolute Gasteiger partial charge is 0.412 e.